The fourth-order valence-corrected chi connectivity index (χ4v) is 3.59. The Morgan fingerprint density at radius 2 is 2.08 bits per heavy atom. The number of benzene rings is 1. The molecule has 0 N–H and O–H groups in total. The minimum atomic E-state index is 0.177. The number of rotatable bonds is 8. The third-order valence-corrected chi connectivity index (χ3v) is 5.47. The van der Waals surface area contributed by atoms with Crippen molar-refractivity contribution in [2.24, 2.45) is 5.92 Å². The number of unbranched alkanes of at least 4 members (excludes halogenated alkanes) is 2. The standard InChI is InChI=1S/C21H30ClNO/c1-17(16-22)10-5-3-8-13-20-14-9-15-23(21(20)24)18(2)19-11-6-4-7-12-19/h4,6-7,10-12,18,20H,3,5,8-9,13-16H2,1-2H3/b17-10+. The number of amides is 1. The molecule has 132 valence electrons. The van der Waals surface area contributed by atoms with E-state index < -0.39 is 0 Å². The Morgan fingerprint density at radius 1 is 1.33 bits per heavy atom. The average molecular weight is 348 g/mol. The SMILES string of the molecule is C/C(=C\CCCCC1CCCN(C(C)c2ccccc2)C1=O)CCl. The van der Waals surface area contributed by atoms with Gasteiger partial charge < -0.3 is 4.90 Å². The van der Waals surface area contributed by atoms with Crippen LogP contribution in [0.3, 0.4) is 0 Å². The average Bonchev–Trinajstić information content (AvgIpc) is 2.62. The summed E-state index contributed by atoms with van der Waals surface area (Å²) in [5.41, 5.74) is 2.47. The molecule has 1 aliphatic rings. The number of hydrogen-bond donors (Lipinski definition) is 0. The van der Waals surface area contributed by atoms with Gasteiger partial charge in [0.2, 0.25) is 5.91 Å². The van der Waals surface area contributed by atoms with Gasteiger partial charge in [-0.2, -0.15) is 0 Å². The first-order valence-corrected chi connectivity index (χ1v) is 9.74. The van der Waals surface area contributed by atoms with Gasteiger partial charge in [0.1, 0.15) is 0 Å². The summed E-state index contributed by atoms with van der Waals surface area (Å²) in [6, 6.07) is 10.5. The van der Waals surface area contributed by atoms with Crippen LogP contribution in [0, 0.1) is 5.92 Å². The molecule has 1 heterocycles. The van der Waals surface area contributed by atoms with Crippen molar-refractivity contribution in [2.75, 3.05) is 12.4 Å². The van der Waals surface area contributed by atoms with Gasteiger partial charge in [-0.05, 0) is 51.5 Å². The van der Waals surface area contributed by atoms with Crippen molar-refractivity contribution in [1.29, 1.82) is 0 Å². The van der Waals surface area contributed by atoms with Crippen LogP contribution in [0.1, 0.15) is 64.0 Å². The van der Waals surface area contributed by atoms with Gasteiger partial charge in [0.25, 0.3) is 0 Å². The van der Waals surface area contributed by atoms with E-state index in [0.29, 0.717) is 11.8 Å². The molecule has 2 unspecified atom stereocenters. The Hall–Kier alpha value is -1.28. The molecule has 1 aromatic rings. The molecule has 0 aliphatic carbocycles. The summed E-state index contributed by atoms with van der Waals surface area (Å²) in [5, 5.41) is 0. The van der Waals surface area contributed by atoms with Crippen LogP contribution in [0.4, 0.5) is 0 Å². The predicted octanol–water partition coefficient (Wildman–Crippen LogP) is 5.73. The number of piperidine rings is 1. The molecule has 0 radical (unpaired) electrons. The summed E-state index contributed by atoms with van der Waals surface area (Å²) in [6.07, 6.45) is 8.75. The number of hydrogen-bond acceptors (Lipinski definition) is 1. The zero-order valence-corrected chi connectivity index (χ0v) is 15.8. The van der Waals surface area contributed by atoms with E-state index >= 15 is 0 Å². The highest BCUT2D eigenvalue weighted by Gasteiger charge is 2.31. The zero-order chi connectivity index (χ0) is 17.4. The maximum atomic E-state index is 12.9. The summed E-state index contributed by atoms with van der Waals surface area (Å²) in [7, 11) is 0. The Bertz CT molecular complexity index is 540. The van der Waals surface area contributed by atoms with Gasteiger partial charge in [-0.1, -0.05) is 48.4 Å². The monoisotopic (exact) mass is 347 g/mol. The molecule has 1 fully saturated rings. The third-order valence-electron chi connectivity index (χ3n) is 5.04. The molecule has 3 heteroatoms. The molecule has 0 bridgehead atoms. The van der Waals surface area contributed by atoms with Gasteiger partial charge in [0.15, 0.2) is 0 Å². The third kappa shape index (κ3) is 5.37. The second-order valence-corrected chi connectivity index (χ2v) is 7.19. The van der Waals surface area contributed by atoms with Crippen LogP contribution in [-0.4, -0.2) is 23.2 Å². The largest absolute Gasteiger partial charge is 0.336 e. The van der Waals surface area contributed by atoms with Crippen LogP contribution >= 0.6 is 11.6 Å². The second kappa shape index (κ2) is 9.88. The van der Waals surface area contributed by atoms with Crippen molar-refractivity contribution >= 4 is 17.5 Å². The first-order valence-electron chi connectivity index (χ1n) is 9.20. The minimum Gasteiger partial charge on any atom is -0.336 e. The first-order chi connectivity index (χ1) is 11.6. The molecule has 2 nitrogen and oxygen atoms in total. The van der Waals surface area contributed by atoms with Crippen LogP contribution in [0.25, 0.3) is 0 Å². The number of allylic oxidation sites excluding steroid dienone is 2. The Balaban J connectivity index is 1.84. The normalized spacial score (nSPS) is 20.3. The fourth-order valence-electron chi connectivity index (χ4n) is 3.48. The van der Waals surface area contributed by atoms with Crippen molar-refractivity contribution in [2.45, 2.75) is 58.4 Å². The molecule has 0 spiro atoms. The molecular formula is C21H30ClNO. The molecule has 1 aliphatic heterocycles. The van der Waals surface area contributed by atoms with Crippen molar-refractivity contribution < 1.29 is 4.79 Å². The second-order valence-electron chi connectivity index (χ2n) is 6.93. The van der Waals surface area contributed by atoms with Crippen LogP contribution in [-0.2, 0) is 4.79 Å². The maximum absolute atomic E-state index is 12.9. The zero-order valence-electron chi connectivity index (χ0n) is 15.0. The topological polar surface area (TPSA) is 20.3 Å². The molecule has 2 rings (SSSR count). The number of likely N-dealkylation sites (tertiary alicyclic amines) is 1. The molecular weight excluding hydrogens is 318 g/mol. The highest BCUT2D eigenvalue weighted by atomic mass is 35.5. The lowest BCUT2D eigenvalue weighted by molar-refractivity contribution is -0.141. The molecule has 0 aromatic heterocycles. The van der Waals surface area contributed by atoms with Gasteiger partial charge >= 0.3 is 0 Å². The van der Waals surface area contributed by atoms with Gasteiger partial charge in [0, 0.05) is 18.3 Å². The maximum Gasteiger partial charge on any atom is 0.226 e. The summed E-state index contributed by atoms with van der Waals surface area (Å²) < 4.78 is 0. The van der Waals surface area contributed by atoms with Crippen molar-refractivity contribution in [3.63, 3.8) is 0 Å². The number of alkyl halides is 1. The van der Waals surface area contributed by atoms with E-state index in [0.717, 1.165) is 45.1 Å². The van der Waals surface area contributed by atoms with Gasteiger partial charge in [-0.3, -0.25) is 4.79 Å². The summed E-state index contributed by atoms with van der Waals surface area (Å²) in [5.74, 6) is 1.18. The molecule has 1 saturated heterocycles. The first kappa shape index (κ1) is 19.1. The lowest BCUT2D eigenvalue weighted by Crippen LogP contribution is -2.42. The Labute approximate surface area is 151 Å². The van der Waals surface area contributed by atoms with Crippen LogP contribution in [0.5, 0.6) is 0 Å². The van der Waals surface area contributed by atoms with Gasteiger partial charge in [-0.25, -0.2) is 0 Å². The van der Waals surface area contributed by atoms with Crippen molar-refractivity contribution in [3.8, 4) is 0 Å². The number of carbonyl (C=O) groups is 1. The van der Waals surface area contributed by atoms with E-state index in [4.69, 9.17) is 11.6 Å². The lowest BCUT2D eigenvalue weighted by Gasteiger charge is -2.37. The molecule has 2 atom stereocenters. The molecule has 1 aromatic carbocycles. The van der Waals surface area contributed by atoms with Crippen molar-refractivity contribution in [3.05, 3.63) is 47.5 Å². The summed E-state index contributed by atoms with van der Waals surface area (Å²) >= 11 is 5.78. The van der Waals surface area contributed by atoms with Crippen LogP contribution < -0.4 is 0 Å². The van der Waals surface area contributed by atoms with Crippen LogP contribution in [0.2, 0.25) is 0 Å². The van der Waals surface area contributed by atoms with Gasteiger partial charge in [-0.15, -0.1) is 11.6 Å². The quantitative estimate of drug-likeness (QED) is 0.334. The molecule has 24 heavy (non-hydrogen) atoms. The summed E-state index contributed by atoms with van der Waals surface area (Å²) in [4.78, 5) is 14.9. The Morgan fingerprint density at radius 3 is 2.79 bits per heavy atom. The van der Waals surface area contributed by atoms with E-state index in [2.05, 4.69) is 37.0 Å². The number of carbonyl (C=O) groups excluding carboxylic acids is 1. The van der Waals surface area contributed by atoms with Crippen molar-refractivity contribution in [1.82, 2.24) is 4.90 Å². The fraction of sp³-hybridized carbons (Fsp3) is 0.571. The van der Waals surface area contributed by atoms with E-state index in [1.54, 1.807) is 0 Å². The minimum absolute atomic E-state index is 0.177. The number of nitrogens with zero attached hydrogens (tertiary/aromatic N) is 1. The highest BCUT2D eigenvalue weighted by Crippen LogP contribution is 2.30. The predicted molar refractivity (Wildman–Crippen MR) is 102 cm³/mol. The van der Waals surface area contributed by atoms with E-state index in [1.165, 1.54) is 11.1 Å². The highest BCUT2D eigenvalue weighted by molar-refractivity contribution is 6.19. The Kier molecular flexibility index (Phi) is 7.84. The number of halogens is 1. The lowest BCUT2D eigenvalue weighted by atomic mass is 9.90. The molecule has 1 amide bonds. The summed E-state index contributed by atoms with van der Waals surface area (Å²) in [6.45, 7) is 5.11. The molecule has 0 saturated carbocycles. The smallest absolute Gasteiger partial charge is 0.226 e. The van der Waals surface area contributed by atoms with E-state index in [1.807, 2.05) is 18.2 Å². The van der Waals surface area contributed by atoms with E-state index in [-0.39, 0.29) is 12.0 Å². The van der Waals surface area contributed by atoms with Crippen LogP contribution in [0.15, 0.2) is 42.0 Å². The van der Waals surface area contributed by atoms with E-state index in [9.17, 15) is 4.79 Å². The van der Waals surface area contributed by atoms with Gasteiger partial charge in [0.05, 0.1) is 6.04 Å².